The predicted molar refractivity (Wildman–Crippen MR) is 52.2 cm³/mol. The van der Waals surface area contributed by atoms with Crippen LogP contribution < -0.4 is 0 Å². The van der Waals surface area contributed by atoms with E-state index in [9.17, 15) is 18.0 Å². The molecule has 0 aliphatic heterocycles. The minimum Gasteiger partial charge on any atom is -0.343 e. The molecular weight excluding hydrogens is 259 g/mol. The maximum Gasteiger partial charge on any atom is 0.237 e. The number of carbonyl (C=O) groups excluding carboxylic acids is 1. The Balaban J connectivity index is 2.68. The molecule has 0 amide bonds. The Kier molecular flexibility index (Phi) is 2.89. The number of nitrogens with zero attached hydrogens (tertiary/aromatic N) is 1. The van der Waals surface area contributed by atoms with Crippen molar-refractivity contribution in [2.24, 2.45) is 0 Å². The van der Waals surface area contributed by atoms with Crippen LogP contribution in [0.3, 0.4) is 0 Å². The second-order valence-electron chi connectivity index (χ2n) is 3.08. The van der Waals surface area contributed by atoms with Crippen LogP contribution in [-0.2, 0) is 0 Å². The molecule has 3 nitrogen and oxygen atoms in total. The van der Waals surface area contributed by atoms with Crippen LogP contribution >= 0.6 is 11.6 Å². The van der Waals surface area contributed by atoms with E-state index in [2.05, 4.69) is 9.68 Å². The van der Waals surface area contributed by atoms with Crippen LogP contribution in [0.2, 0.25) is 5.22 Å². The Labute approximate surface area is 97.8 Å². The number of rotatable bonds is 2. The zero-order valence-corrected chi connectivity index (χ0v) is 8.76. The lowest BCUT2D eigenvalue weighted by molar-refractivity contribution is 0.112. The van der Waals surface area contributed by atoms with E-state index in [-0.39, 0.29) is 22.8 Å². The van der Waals surface area contributed by atoms with Gasteiger partial charge in [0.25, 0.3) is 0 Å². The van der Waals surface area contributed by atoms with E-state index in [1.807, 2.05) is 0 Å². The van der Waals surface area contributed by atoms with Gasteiger partial charge in [-0.1, -0.05) is 5.16 Å². The Bertz CT molecular complexity index is 597. The molecule has 0 radical (unpaired) electrons. The van der Waals surface area contributed by atoms with Crippen LogP contribution in [0.4, 0.5) is 13.2 Å². The highest BCUT2D eigenvalue weighted by atomic mass is 35.5. The van der Waals surface area contributed by atoms with Crippen molar-refractivity contribution in [1.82, 2.24) is 5.16 Å². The summed E-state index contributed by atoms with van der Waals surface area (Å²) in [6.45, 7) is 0. The first kappa shape index (κ1) is 11.7. The van der Waals surface area contributed by atoms with Crippen LogP contribution in [0.5, 0.6) is 0 Å². The molecule has 0 atom stereocenters. The summed E-state index contributed by atoms with van der Waals surface area (Å²) in [5, 5.41) is 2.97. The number of hydrogen-bond donors (Lipinski definition) is 0. The number of benzene rings is 1. The summed E-state index contributed by atoms with van der Waals surface area (Å²) in [7, 11) is 0. The van der Waals surface area contributed by atoms with E-state index in [1.54, 1.807) is 0 Å². The predicted octanol–water partition coefficient (Wildman–Crippen LogP) is 3.22. The van der Waals surface area contributed by atoms with E-state index in [0.717, 1.165) is 0 Å². The van der Waals surface area contributed by atoms with Crippen molar-refractivity contribution in [3.05, 3.63) is 40.4 Å². The fraction of sp³-hybridized carbons (Fsp3) is 0. The lowest BCUT2D eigenvalue weighted by Gasteiger charge is -2.00. The number of hydrogen-bond acceptors (Lipinski definition) is 3. The molecule has 88 valence electrons. The Morgan fingerprint density at radius 3 is 2.47 bits per heavy atom. The third-order valence-electron chi connectivity index (χ3n) is 2.07. The average molecular weight is 262 g/mol. The van der Waals surface area contributed by atoms with Crippen molar-refractivity contribution in [2.45, 2.75) is 0 Å². The molecule has 17 heavy (non-hydrogen) atoms. The summed E-state index contributed by atoms with van der Waals surface area (Å²) in [5.41, 5.74) is -0.903. The lowest BCUT2D eigenvalue weighted by Crippen LogP contribution is -1.93. The van der Waals surface area contributed by atoms with Gasteiger partial charge < -0.3 is 4.52 Å². The monoisotopic (exact) mass is 261 g/mol. The quantitative estimate of drug-likeness (QED) is 0.616. The summed E-state index contributed by atoms with van der Waals surface area (Å²) < 4.78 is 43.5. The first-order chi connectivity index (χ1) is 8.04. The summed E-state index contributed by atoms with van der Waals surface area (Å²) >= 11 is 5.47. The minimum absolute atomic E-state index is 0.225. The van der Waals surface area contributed by atoms with E-state index in [0.29, 0.717) is 12.1 Å². The molecule has 2 aromatic rings. The third-order valence-corrected chi connectivity index (χ3v) is 2.34. The van der Waals surface area contributed by atoms with Gasteiger partial charge in [0.05, 0.1) is 0 Å². The average Bonchev–Trinajstić information content (AvgIpc) is 2.64. The third kappa shape index (κ3) is 1.91. The van der Waals surface area contributed by atoms with Gasteiger partial charge in [0.1, 0.15) is 17.1 Å². The topological polar surface area (TPSA) is 43.1 Å². The van der Waals surface area contributed by atoms with Gasteiger partial charge in [-0.05, 0) is 17.7 Å². The minimum atomic E-state index is -1.34. The SMILES string of the molecule is O=Cc1c(-c2cc(F)c(F)cc2F)noc1Cl. The van der Waals surface area contributed by atoms with Crippen LogP contribution in [0.25, 0.3) is 11.3 Å². The number of carbonyl (C=O) groups is 1. The fourth-order valence-electron chi connectivity index (χ4n) is 1.28. The van der Waals surface area contributed by atoms with Crippen LogP contribution in [-0.4, -0.2) is 11.4 Å². The van der Waals surface area contributed by atoms with Crippen molar-refractivity contribution >= 4 is 17.9 Å². The maximum atomic E-state index is 13.4. The molecular formula is C10H3ClF3NO2. The molecule has 0 bridgehead atoms. The van der Waals surface area contributed by atoms with Crippen LogP contribution in [0, 0.1) is 17.5 Å². The molecule has 0 saturated carbocycles. The van der Waals surface area contributed by atoms with E-state index < -0.39 is 23.0 Å². The first-order valence-corrected chi connectivity index (χ1v) is 4.67. The van der Waals surface area contributed by atoms with Gasteiger partial charge in [0.2, 0.25) is 5.22 Å². The lowest BCUT2D eigenvalue weighted by atomic mass is 10.1. The van der Waals surface area contributed by atoms with Crippen molar-refractivity contribution in [3.63, 3.8) is 0 Å². The second-order valence-corrected chi connectivity index (χ2v) is 3.43. The molecule has 0 spiro atoms. The van der Waals surface area contributed by atoms with Crippen LogP contribution in [0.1, 0.15) is 10.4 Å². The second kappa shape index (κ2) is 4.21. The Morgan fingerprint density at radius 1 is 1.18 bits per heavy atom. The highest BCUT2D eigenvalue weighted by Gasteiger charge is 2.20. The van der Waals surface area contributed by atoms with Crippen molar-refractivity contribution in [2.75, 3.05) is 0 Å². The van der Waals surface area contributed by atoms with Gasteiger partial charge >= 0.3 is 0 Å². The maximum absolute atomic E-state index is 13.4. The van der Waals surface area contributed by atoms with Crippen molar-refractivity contribution in [1.29, 1.82) is 0 Å². The molecule has 0 aliphatic rings. The molecule has 1 aromatic heterocycles. The standard InChI is InChI=1S/C10H3ClF3NO2/c11-10-5(3-16)9(15-17-10)4-1-7(13)8(14)2-6(4)12/h1-3H. The molecule has 2 rings (SSSR count). The number of aromatic nitrogens is 1. The highest BCUT2D eigenvalue weighted by Crippen LogP contribution is 2.30. The highest BCUT2D eigenvalue weighted by molar-refractivity contribution is 6.31. The summed E-state index contributed by atoms with van der Waals surface area (Å²) in [5.74, 6) is -3.68. The fourth-order valence-corrected chi connectivity index (χ4v) is 1.45. The van der Waals surface area contributed by atoms with Gasteiger partial charge in [0.15, 0.2) is 17.9 Å². The van der Waals surface area contributed by atoms with Gasteiger partial charge in [0, 0.05) is 11.6 Å². The van der Waals surface area contributed by atoms with Crippen molar-refractivity contribution < 1.29 is 22.5 Å². The smallest absolute Gasteiger partial charge is 0.237 e. The molecule has 0 fully saturated rings. The molecule has 0 aliphatic carbocycles. The molecule has 1 heterocycles. The molecule has 1 aromatic carbocycles. The molecule has 0 saturated heterocycles. The number of aldehydes is 1. The van der Waals surface area contributed by atoms with Gasteiger partial charge in [-0.3, -0.25) is 4.79 Å². The summed E-state index contributed by atoms with van der Waals surface area (Å²) in [4.78, 5) is 10.7. The van der Waals surface area contributed by atoms with Gasteiger partial charge in [-0.2, -0.15) is 0 Å². The molecule has 0 N–H and O–H groups in total. The molecule has 7 heteroatoms. The Morgan fingerprint density at radius 2 is 1.82 bits per heavy atom. The van der Waals surface area contributed by atoms with E-state index >= 15 is 0 Å². The largest absolute Gasteiger partial charge is 0.343 e. The summed E-state index contributed by atoms with van der Waals surface area (Å²) in [6, 6.07) is 0.924. The molecule has 0 unspecified atom stereocenters. The number of halogens is 4. The van der Waals surface area contributed by atoms with Gasteiger partial charge in [-0.25, -0.2) is 13.2 Å². The van der Waals surface area contributed by atoms with Crippen molar-refractivity contribution in [3.8, 4) is 11.3 Å². The summed E-state index contributed by atoms with van der Waals surface area (Å²) in [6.07, 6.45) is 0.287. The zero-order valence-electron chi connectivity index (χ0n) is 8.01. The normalized spacial score (nSPS) is 10.6. The Hall–Kier alpha value is -1.82. The van der Waals surface area contributed by atoms with Crippen LogP contribution in [0.15, 0.2) is 16.7 Å². The zero-order chi connectivity index (χ0) is 12.6. The van der Waals surface area contributed by atoms with E-state index in [1.165, 1.54) is 0 Å². The van der Waals surface area contributed by atoms with Gasteiger partial charge in [-0.15, -0.1) is 0 Å². The van der Waals surface area contributed by atoms with E-state index in [4.69, 9.17) is 11.6 Å². The first-order valence-electron chi connectivity index (χ1n) is 4.30.